The summed E-state index contributed by atoms with van der Waals surface area (Å²) in [5, 5.41) is 9.34. The van der Waals surface area contributed by atoms with Crippen LogP contribution in [0.4, 0.5) is 162 Å². The number of nitrogens with zero attached hydrogens (tertiary/aromatic N) is 1. The summed E-state index contributed by atoms with van der Waals surface area (Å²) in [7, 11) is 2.47. The first-order valence-corrected chi connectivity index (χ1v) is 14.3. The second-order valence-corrected chi connectivity index (χ2v) is 13.7. The van der Waals surface area contributed by atoms with Gasteiger partial charge in [0.1, 0.15) is 12.6 Å². The lowest BCUT2D eigenvalue weighted by Gasteiger charge is -2.47. The number of aliphatic hydroxyl groups excluding tert-OH is 1. The molecule has 1 atom stereocenters. The Kier molecular flexibility index (Phi) is 14.3. The van der Waals surface area contributed by atoms with Gasteiger partial charge in [0, 0.05) is 6.42 Å². The van der Waals surface area contributed by atoms with Gasteiger partial charge >= 0.3 is 107 Å². The fourth-order valence-electron chi connectivity index (χ4n) is 4.29. The Morgan fingerprint density at radius 3 is 0.556 bits per heavy atom. The zero-order valence-electron chi connectivity index (χ0n) is 28.9. The molecule has 0 aliphatic heterocycles. The molecule has 0 fully saturated rings. The second kappa shape index (κ2) is 14.9. The lowest BCUT2D eigenvalue weighted by molar-refractivity contribution is -0.873. The van der Waals surface area contributed by atoms with Gasteiger partial charge in [-0.2, -0.15) is 162 Å². The molecule has 1 unspecified atom stereocenters. The molecule has 0 aromatic heterocycles. The minimum Gasteiger partial charge on any atom is -0.387 e. The third-order valence-corrected chi connectivity index (χ3v) is 7.98. The maximum atomic E-state index is 14.1. The van der Waals surface area contributed by atoms with Crippen LogP contribution in [0.25, 0.3) is 0 Å². The predicted molar refractivity (Wildman–Crippen MR) is 124 cm³/mol. The number of quaternary nitrogens is 1. The molecule has 2 nitrogen and oxygen atoms in total. The smallest absolute Gasteiger partial charge is 0.387 e. The van der Waals surface area contributed by atoms with Gasteiger partial charge in [0.2, 0.25) is 0 Å². The first-order chi connectivity index (χ1) is 26.4. The van der Waals surface area contributed by atoms with E-state index in [-0.39, 0.29) is 0 Å². The molecule has 0 amide bonds. The Morgan fingerprint density at radius 1 is 0.270 bits per heavy atom. The average molecular weight is 1040 g/mol. The van der Waals surface area contributed by atoms with Crippen LogP contribution in [0.5, 0.6) is 0 Å². The summed E-state index contributed by atoms with van der Waals surface area (Å²) >= 11 is 0. The highest BCUT2D eigenvalue weighted by atomic mass is 19.4. The number of hydrogen-bond donors (Lipinski definition) is 1. The van der Waals surface area contributed by atoms with Crippen molar-refractivity contribution in [2.24, 2.45) is 0 Å². The summed E-state index contributed by atoms with van der Waals surface area (Å²) in [5.41, 5.74) is 0. The van der Waals surface area contributed by atoms with Crippen molar-refractivity contribution in [2.75, 3.05) is 27.7 Å². The molecule has 0 aromatic carbocycles. The lowest BCUT2D eigenvalue weighted by Crippen LogP contribution is -2.80. The largest absolute Gasteiger partial charge is 0.460 e. The van der Waals surface area contributed by atoms with Crippen LogP contribution in [0.15, 0.2) is 0 Å². The highest BCUT2D eigenvalue weighted by Crippen LogP contribution is 2.70. The van der Waals surface area contributed by atoms with E-state index in [2.05, 4.69) is 0 Å². The topological polar surface area (TPSA) is 20.2 Å². The minimum atomic E-state index is -10.4. The molecule has 0 radical (unpaired) electrons. The average Bonchev–Trinajstić information content (AvgIpc) is 3.01. The molecule has 0 aliphatic carbocycles. The zero-order chi connectivity index (χ0) is 52.5. The Balaban J connectivity index is 7.80. The van der Waals surface area contributed by atoms with Crippen molar-refractivity contribution >= 4 is 0 Å². The molecule has 0 spiro atoms. The summed E-state index contributed by atoms with van der Waals surface area (Å²) in [6.07, 6.45) is -15.1. The highest BCUT2D eigenvalue weighted by molar-refractivity contribution is 5.23. The molecule has 0 saturated carbocycles. The van der Waals surface area contributed by atoms with Crippen molar-refractivity contribution in [1.29, 1.82) is 0 Å². The quantitative estimate of drug-likeness (QED) is 0.0952. The molecule has 0 rings (SSSR count). The Bertz CT molecular complexity index is 1630. The van der Waals surface area contributed by atoms with Crippen molar-refractivity contribution in [3.05, 3.63) is 0 Å². The van der Waals surface area contributed by atoms with Crippen molar-refractivity contribution in [3.63, 3.8) is 0 Å². The van der Waals surface area contributed by atoms with Gasteiger partial charge in [-0.1, -0.05) is 0 Å². The number of aliphatic hydroxyl groups is 1. The first-order valence-electron chi connectivity index (χ1n) is 14.3. The Labute approximate surface area is 320 Å². The van der Waals surface area contributed by atoms with E-state index < -0.39 is 130 Å². The first kappa shape index (κ1) is 60.3. The molecule has 0 aromatic rings. The fraction of sp³-hybridized carbons (Fsp3) is 1.00. The van der Waals surface area contributed by atoms with Gasteiger partial charge < -0.3 is 9.59 Å². The molecule has 63 heavy (non-hydrogen) atoms. The fourth-order valence-corrected chi connectivity index (χ4v) is 4.29. The molecule has 0 aliphatic rings. The van der Waals surface area contributed by atoms with E-state index in [1.807, 2.05) is 0 Å². The minimum absolute atomic E-state index is 0.823. The maximum absolute atomic E-state index is 14.1. The van der Waals surface area contributed by atoms with Crippen molar-refractivity contribution in [2.45, 2.75) is 119 Å². The number of likely N-dealkylation sites (N-methyl/N-ethyl adjacent to an activating group) is 1. The van der Waals surface area contributed by atoms with Gasteiger partial charge in [-0.15, -0.1) is 0 Å². The number of rotatable bonds is 20. The highest BCUT2D eigenvalue weighted by Gasteiger charge is 3.02. The van der Waals surface area contributed by atoms with Gasteiger partial charge in [-0.25, -0.2) is 0 Å². The second-order valence-electron chi connectivity index (χ2n) is 13.7. The molecule has 0 heterocycles. The summed E-state index contributed by atoms with van der Waals surface area (Å²) in [6, 6.07) is 0. The standard InChI is InChI=1S/C24H15F37NO/c1-62(2,3)5-6(63)4-7(25,26)8(27,28)9(29,30)10(31,32)11(33,34)12(35,36)13(37,38)14(39,40)15(41,42)16(43,44)17(45,46)18(47,48)19(49,50)20(51,52)21(53,54)22(55,56)23(57,58)24(59,60)61/h6,63H,4-5H2,1-3H3/q+1. The summed E-state index contributed by atoms with van der Waals surface area (Å²) in [6.45, 7) is -1.38. The molecule has 0 bridgehead atoms. The third-order valence-electron chi connectivity index (χ3n) is 7.98. The van der Waals surface area contributed by atoms with E-state index in [1.165, 1.54) is 0 Å². The molecule has 1 N–H and O–H groups in total. The number of halogens is 37. The van der Waals surface area contributed by atoms with E-state index in [0.717, 1.165) is 21.1 Å². The van der Waals surface area contributed by atoms with Gasteiger partial charge in [0.25, 0.3) is 0 Å². The maximum Gasteiger partial charge on any atom is 0.460 e. The summed E-state index contributed by atoms with van der Waals surface area (Å²) in [4.78, 5) is 0. The Morgan fingerprint density at radius 2 is 0.413 bits per heavy atom. The van der Waals surface area contributed by atoms with Crippen molar-refractivity contribution in [1.82, 2.24) is 0 Å². The summed E-state index contributed by atoms with van der Waals surface area (Å²) < 4.78 is 507. The third kappa shape index (κ3) is 7.59. The van der Waals surface area contributed by atoms with Crippen molar-refractivity contribution in [3.8, 4) is 0 Å². The van der Waals surface area contributed by atoms with Gasteiger partial charge in [-0.05, 0) is 0 Å². The van der Waals surface area contributed by atoms with Crippen LogP contribution < -0.4 is 0 Å². The van der Waals surface area contributed by atoms with Crippen LogP contribution in [0.1, 0.15) is 6.42 Å². The van der Waals surface area contributed by atoms with Crippen LogP contribution in [0, 0.1) is 0 Å². The van der Waals surface area contributed by atoms with Gasteiger partial charge in [0.15, 0.2) is 0 Å². The Hall–Kier alpha value is -2.67. The van der Waals surface area contributed by atoms with E-state index >= 15 is 0 Å². The van der Waals surface area contributed by atoms with E-state index in [4.69, 9.17) is 0 Å². The molecule has 39 heteroatoms. The van der Waals surface area contributed by atoms with Crippen molar-refractivity contribution < 1.29 is 172 Å². The molecular weight excluding hydrogens is 1020 g/mol. The van der Waals surface area contributed by atoms with Crippen LogP contribution in [-0.4, -0.2) is 150 Å². The predicted octanol–water partition coefficient (Wildman–Crippen LogP) is 11.8. The lowest BCUT2D eigenvalue weighted by atomic mass is 9.82. The number of alkyl halides is 37. The van der Waals surface area contributed by atoms with Crippen LogP contribution in [0.3, 0.4) is 0 Å². The number of hydrogen-bond acceptors (Lipinski definition) is 1. The SMILES string of the molecule is C[N+](C)(C)CC(O)CC(F)(F)C(F)(F)C(F)(F)C(F)(F)C(F)(F)C(F)(F)C(F)(F)C(F)(F)C(F)(F)C(F)(F)C(F)(F)C(F)(F)C(F)(F)C(F)(F)C(F)(F)C(F)(F)C(F)(F)C(F)(F)F. The molecular formula is C24H15F37NO+. The zero-order valence-corrected chi connectivity index (χ0v) is 28.9. The van der Waals surface area contributed by atoms with Crippen LogP contribution in [0.2, 0.25) is 0 Å². The normalized spacial score (nSPS) is 17.7. The van der Waals surface area contributed by atoms with Gasteiger partial charge in [0.05, 0.1) is 21.1 Å². The van der Waals surface area contributed by atoms with E-state index in [1.54, 1.807) is 0 Å². The summed E-state index contributed by atoms with van der Waals surface area (Å²) in [5.74, 6) is -166. The van der Waals surface area contributed by atoms with Crippen LogP contribution >= 0.6 is 0 Å². The molecule has 0 saturated heterocycles. The van der Waals surface area contributed by atoms with E-state index in [9.17, 15) is 168 Å². The van der Waals surface area contributed by atoms with E-state index in [0.29, 0.717) is 0 Å². The van der Waals surface area contributed by atoms with Crippen LogP contribution in [-0.2, 0) is 0 Å². The molecule has 380 valence electrons. The van der Waals surface area contributed by atoms with Gasteiger partial charge in [-0.3, -0.25) is 0 Å². The monoisotopic (exact) mass is 1040 g/mol.